The van der Waals surface area contributed by atoms with Crippen molar-refractivity contribution in [2.45, 2.75) is 19.4 Å². The Bertz CT molecular complexity index is 716. The number of guanidine groups is 1. The van der Waals surface area contributed by atoms with Crippen molar-refractivity contribution in [3.8, 4) is 0 Å². The number of nitrogens with zero attached hydrogens (tertiary/aromatic N) is 3. The van der Waals surface area contributed by atoms with Crippen LogP contribution in [0.2, 0.25) is 0 Å². The Labute approximate surface area is 184 Å². The zero-order chi connectivity index (χ0) is 18.9. The molecule has 1 aliphatic heterocycles. The van der Waals surface area contributed by atoms with E-state index in [0.717, 1.165) is 69.0 Å². The monoisotopic (exact) mass is 499 g/mol. The fraction of sp³-hybridized carbons (Fsp3) is 0.500. The van der Waals surface area contributed by atoms with Crippen molar-refractivity contribution in [3.05, 3.63) is 53.7 Å². The number of rotatable bonds is 7. The molecule has 1 aliphatic rings. The van der Waals surface area contributed by atoms with Crippen molar-refractivity contribution in [2.24, 2.45) is 4.99 Å². The lowest BCUT2D eigenvalue weighted by Gasteiger charge is -2.33. The Hall–Kier alpha value is -1.65. The molecule has 1 unspecified atom stereocenters. The van der Waals surface area contributed by atoms with E-state index < -0.39 is 0 Å². The van der Waals surface area contributed by atoms with Crippen molar-refractivity contribution in [1.29, 1.82) is 0 Å². The standard InChI is InChI=1S/C20H29N5O2.HI/c1-16-6-7-19(27-16)18(25-11-13-26-14-12-25)15-24-20(21-2)23-10-8-17-5-3-4-9-22-17;/h3-7,9,18H,8,10-15H2,1-2H3,(H2,21,23,24);1H. The lowest BCUT2D eigenvalue weighted by Crippen LogP contribution is -2.46. The number of halogens is 1. The van der Waals surface area contributed by atoms with Gasteiger partial charge in [-0.15, -0.1) is 24.0 Å². The highest BCUT2D eigenvalue weighted by Crippen LogP contribution is 2.23. The van der Waals surface area contributed by atoms with Crippen molar-refractivity contribution < 1.29 is 9.15 Å². The normalized spacial score (nSPS) is 16.3. The molecule has 1 atom stereocenters. The number of aromatic nitrogens is 1. The molecule has 1 saturated heterocycles. The van der Waals surface area contributed by atoms with E-state index in [4.69, 9.17) is 9.15 Å². The highest BCUT2D eigenvalue weighted by atomic mass is 127. The molecule has 0 saturated carbocycles. The maximum Gasteiger partial charge on any atom is 0.191 e. The topological polar surface area (TPSA) is 74.9 Å². The first-order valence-electron chi connectivity index (χ1n) is 9.49. The maximum absolute atomic E-state index is 5.91. The van der Waals surface area contributed by atoms with Crippen LogP contribution in [0, 0.1) is 6.92 Å². The molecule has 2 aromatic rings. The third-order valence-electron chi connectivity index (χ3n) is 4.66. The largest absolute Gasteiger partial charge is 0.465 e. The third-order valence-corrected chi connectivity index (χ3v) is 4.66. The van der Waals surface area contributed by atoms with E-state index in [1.165, 1.54) is 0 Å². The maximum atomic E-state index is 5.91. The van der Waals surface area contributed by atoms with Crippen LogP contribution in [0.5, 0.6) is 0 Å². The molecular weight excluding hydrogens is 469 g/mol. The first-order chi connectivity index (χ1) is 13.3. The van der Waals surface area contributed by atoms with Crippen LogP contribution in [0.4, 0.5) is 0 Å². The molecule has 0 radical (unpaired) electrons. The second-order valence-corrected chi connectivity index (χ2v) is 6.56. The van der Waals surface area contributed by atoms with E-state index in [1.54, 1.807) is 7.05 Å². The number of nitrogens with one attached hydrogen (secondary N) is 2. The number of pyridine rings is 1. The number of furan rings is 1. The lowest BCUT2D eigenvalue weighted by atomic mass is 10.1. The van der Waals surface area contributed by atoms with Crippen LogP contribution in [0.3, 0.4) is 0 Å². The van der Waals surface area contributed by atoms with Gasteiger partial charge in [0.1, 0.15) is 11.5 Å². The van der Waals surface area contributed by atoms with Crippen LogP contribution in [0.1, 0.15) is 23.3 Å². The average molecular weight is 499 g/mol. The summed E-state index contributed by atoms with van der Waals surface area (Å²) >= 11 is 0. The first-order valence-corrected chi connectivity index (χ1v) is 9.49. The molecule has 2 aromatic heterocycles. The summed E-state index contributed by atoms with van der Waals surface area (Å²) in [6.07, 6.45) is 2.67. The van der Waals surface area contributed by atoms with Crippen molar-refractivity contribution in [2.75, 3.05) is 46.4 Å². The second kappa shape index (κ2) is 12.0. The highest BCUT2D eigenvalue weighted by molar-refractivity contribution is 14.0. The van der Waals surface area contributed by atoms with Crippen molar-refractivity contribution in [3.63, 3.8) is 0 Å². The zero-order valence-electron chi connectivity index (χ0n) is 16.6. The molecular formula is C20H30IN5O2. The predicted molar refractivity (Wildman–Crippen MR) is 121 cm³/mol. The predicted octanol–water partition coefficient (Wildman–Crippen LogP) is 2.38. The summed E-state index contributed by atoms with van der Waals surface area (Å²) in [4.78, 5) is 11.1. The van der Waals surface area contributed by atoms with E-state index in [9.17, 15) is 0 Å². The Kier molecular flexibility index (Phi) is 9.72. The molecule has 154 valence electrons. The van der Waals surface area contributed by atoms with Gasteiger partial charge >= 0.3 is 0 Å². The first kappa shape index (κ1) is 22.6. The van der Waals surface area contributed by atoms with Crippen LogP contribution >= 0.6 is 24.0 Å². The van der Waals surface area contributed by atoms with Crippen LogP contribution in [0.25, 0.3) is 0 Å². The Balaban J connectivity index is 0.00000280. The van der Waals surface area contributed by atoms with Crippen LogP contribution in [-0.4, -0.2) is 62.3 Å². The molecule has 0 bridgehead atoms. The van der Waals surface area contributed by atoms with E-state index in [1.807, 2.05) is 37.4 Å². The van der Waals surface area contributed by atoms with Gasteiger partial charge in [-0.3, -0.25) is 14.9 Å². The van der Waals surface area contributed by atoms with Crippen molar-refractivity contribution >= 4 is 29.9 Å². The van der Waals surface area contributed by atoms with Gasteiger partial charge in [0.05, 0.1) is 19.3 Å². The van der Waals surface area contributed by atoms with Gasteiger partial charge in [0.15, 0.2) is 5.96 Å². The summed E-state index contributed by atoms with van der Waals surface area (Å²) in [7, 11) is 1.79. The van der Waals surface area contributed by atoms with Crippen LogP contribution in [-0.2, 0) is 11.2 Å². The van der Waals surface area contributed by atoms with Crippen LogP contribution in [0.15, 0.2) is 45.9 Å². The average Bonchev–Trinajstić information content (AvgIpc) is 3.14. The fourth-order valence-corrected chi connectivity index (χ4v) is 3.20. The summed E-state index contributed by atoms with van der Waals surface area (Å²) in [5, 5.41) is 6.79. The molecule has 8 heteroatoms. The summed E-state index contributed by atoms with van der Waals surface area (Å²) in [5.74, 6) is 2.69. The molecule has 0 spiro atoms. The van der Waals surface area contributed by atoms with Gasteiger partial charge in [-0.1, -0.05) is 6.07 Å². The minimum atomic E-state index is 0. The Morgan fingerprint density at radius 3 is 2.68 bits per heavy atom. The van der Waals surface area contributed by atoms with E-state index in [-0.39, 0.29) is 30.0 Å². The van der Waals surface area contributed by atoms with Gasteiger partial charge in [0.25, 0.3) is 0 Å². The second-order valence-electron chi connectivity index (χ2n) is 6.56. The highest BCUT2D eigenvalue weighted by Gasteiger charge is 2.25. The fourth-order valence-electron chi connectivity index (χ4n) is 3.20. The molecule has 3 rings (SSSR count). The quantitative estimate of drug-likeness (QED) is 0.346. The van der Waals surface area contributed by atoms with Crippen molar-refractivity contribution in [1.82, 2.24) is 20.5 Å². The summed E-state index contributed by atoms with van der Waals surface area (Å²) in [5.41, 5.74) is 1.07. The van der Waals surface area contributed by atoms with Gasteiger partial charge < -0.3 is 19.8 Å². The van der Waals surface area contributed by atoms with E-state index in [2.05, 4.69) is 31.6 Å². The molecule has 28 heavy (non-hydrogen) atoms. The SMILES string of the molecule is CN=C(NCCc1ccccn1)NCC(c1ccc(C)o1)N1CCOCC1.I. The summed E-state index contributed by atoms with van der Waals surface area (Å²) in [6, 6.07) is 10.2. The van der Waals surface area contributed by atoms with Gasteiger partial charge in [-0.05, 0) is 31.2 Å². The number of hydrogen-bond donors (Lipinski definition) is 2. The van der Waals surface area contributed by atoms with E-state index >= 15 is 0 Å². The molecule has 7 nitrogen and oxygen atoms in total. The molecule has 0 amide bonds. The number of hydrogen-bond acceptors (Lipinski definition) is 5. The minimum absolute atomic E-state index is 0. The number of aliphatic imine (C=N–C) groups is 1. The number of ether oxygens (including phenoxy) is 1. The number of aryl methyl sites for hydroxylation is 1. The summed E-state index contributed by atoms with van der Waals surface area (Å²) in [6.45, 7) is 6.79. The zero-order valence-corrected chi connectivity index (χ0v) is 18.9. The Morgan fingerprint density at radius 1 is 1.21 bits per heavy atom. The molecule has 1 fully saturated rings. The minimum Gasteiger partial charge on any atom is -0.465 e. The van der Waals surface area contributed by atoms with E-state index in [0.29, 0.717) is 0 Å². The Morgan fingerprint density at radius 2 is 2.04 bits per heavy atom. The lowest BCUT2D eigenvalue weighted by molar-refractivity contribution is 0.0124. The third kappa shape index (κ3) is 6.75. The molecule has 0 aromatic carbocycles. The van der Waals surface area contributed by atoms with Gasteiger partial charge in [-0.2, -0.15) is 0 Å². The number of morpholine rings is 1. The summed E-state index contributed by atoms with van der Waals surface area (Å²) < 4.78 is 11.4. The van der Waals surface area contributed by atoms with Crippen LogP contribution < -0.4 is 10.6 Å². The van der Waals surface area contributed by atoms with Gasteiger partial charge in [0, 0.05) is 51.5 Å². The smallest absolute Gasteiger partial charge is 0.191 e. The van der Waals surface area contributed by atoms with Gasteiger partial charge in [-0.25, -0.2) is 0 Å². The molecule has 3 heterocycles. The molecule has 2 N–H and O–H groups in total. The van der Waals surface area contributed by atoms with Gasteiger partial charge in [0.2, 0.25) is 0 Å². The molecule has 0 aliphatic carbocycles.